The number of anilines is 1. The summed E-state index contributed by atoms with van der Waals surface area (Å²) in [6, 6.07) is 3.78. The zero-order chi connectivity index (χ0) is 14.4. The molecular formula is C13H11N7O. The summed E-state index contributed by atoms with van der Waals surface area (Å²) >= 11 is 0. The number of nitrogen functional groups attached to an aromatic ring is 1. The molecule has 0 unspecified atom stereocenters. The minimum atomic E-state index is 0.158. The first-order valence-corrected chi connectivity index (χ1v) is 6.25. The third-order valence-electron chi connectivity index (χ3n) is 3.24. The lowest BCUT2D eigenvalue weighted by Crippen LogP contribution is -1.99. The Balaban J connectivity index is 2.01. The Morgan fingerprint density at radius 2 is 2.19 bits per heavy atom. The van der Waals surface area contributed by atoms with Gasteiger partial charge in [0.1, 0.15) is 5.65 Å². The van der Waals surface area contributed by atoms with Gasteiger partial charge in [0.15, 0.2) is 5.65 Å². The number of methoxy groups -OCH3 is 1. The van der Waals surface area contributed by atoms with Gasteiger partial charge in [0.05, 0.1) is 18.2 Å². The van der Waals surface area contributed by atoms with E-state index in [9.17, 15) is 0 Å². The first-order chi connectivity index (χ1) is 10.3. The van der Waals surface area contributed by atoms with Crippen LogP contribution in [0.4, 0.5) is 5.95 Å². The number of H-pyrrole nitrogens is 1. The van der Waals surface area contributed by atoms with E-state index in [0.717, 1.165) is 22.3 Å². The van der Waals surface area contributed by atoms with Crippen molar-refractivity contribution in [2.45, 2.75) is 0 Å². The van der Waals surface area contributed by atoms with Crippen LogP contribution in [0.25, 0.3) is 27.9 Å². The molecule has 0 fully saturated rings. The van der Waals surface area contributed by atoms with E-state index in [2.05, 4.69) is 25.0 Å². The van der Waals surface area contributed by atoms with E-state index in [1.165, 1.54) is 0 Å². The summed E-state index contributed by atoms with van der Waals surface area (Å²) in [6.07, 6.45) is 5.30. The summed E-state index contributed by atoms with van der Waals surface area (Å²) in [4.78, 5) is 15.5. The highest BCUT2D eigenvalue weighted by atomic mass is 16.5. The van der Waals surface area contributed by atoms with Gasteiger partial charge in [-0.25, -0.2) is 9.50 Å². The maximum Gasteiger partial charge on any atom is 0.228 e. The van der Waals surface area contributed by atoms with Crippen LogP contribution < -0.4 is 10.5 Å². The number of aromatic nitrogens is 6. The number of rotatable bonds is 2. The number of nitrogens with one attached hydrogen (secondary N) is 1. The summed E-state index contributed by atoms with van der Waals surface area (Å²) in [7, 11) is 1.55. The van der Waals surface area contributed by atoms with E-state index in [1.807, 2.05) is 18.3 Å². The van der Waals surface area contributed by atoms with Crippen molar-refractivity contribution in [3.05, 3.63) is 30.7 Å². The summed E-state index contributed by atoms with van der Waals surface area (Å²) in [5.41, 5.74) is 8.66. The highest BCUT2D eigenvalue weighted by molar-refractivity contribution is 5.96. The summed E-state index contributed by atoms with van der Waals surface area (Å²) < 4.78 is 7.01. The normalized spacial score (nSPS) is 11.3. The number of imidazole rings is 1. The van der Waals surface area contributed by atoms with Crippen molar-refractivity contribution in [1.29, 1.82) is 0 Å². The third kappa shape index (κ3) is 1.69. The minimum Gasteiger partial charge on any atom is -0.480 e. The maximum absolute atomic E-state index is 5.66. The van der Waals surface area contributed by atoms with Gasteiger partial charge < -0.3 is 15.5 Å². The van der Waals surface area contributed by atoms with Crippen LogP contribution in [0.2, 0.25) is 0 Å². The van der Waals surface area contributed by atoms with Gasteiger partial charge in [0.25, 0.3) is 0 Å². The van der Waals surface area contributed by atoms with Crippen LogP contribution in [0.1, 0.15) is 0 Å². The predicted molar refractivity (Wildman–Crippen MR) is 76.8 cm³/mol. The van der Waals surface area contributed by atoms with Crippen LogP contribution in [0.15, 0.2) is 30.7 Å². The SMILES string of the molecule is COc1nc(N)nc2[nH]cc(-c3ccc4nccn4n3)c12. The zero-order valence-corrected chi connectivity index (χ0v) is 11.1. The monoisotopic (exact) mass is 281 g/mol. The second-order valence-electron chi connectivity index (χ2n) is 4.47. The molecule has 4 rings (SSSR count). The van der Waals surface area contributed by atoms with Gasteiger partial charge in [-0.05, 0) is 12.1 Å². The molecule has 0 bridgehead atoms. The van der Waals surface area contributed by atoms with Gasteiger partial charge in [-0.3, -0.25) is 0 Å². The average molecular weight is 281 g/mol. The molecule has 0 saturated carbocycles. The number of nitrogens with zero attached hydrogens (tertiary/aromatic N) is 5. The molecule has 0 saturated heterocycles. The smallest absolute Gasteiger partial charge is 0.228 e. The topological polar surface area (TPSA) is 107 Å². The average Bonchev–Trinajstić information content (AvgIpc) is 3.11. The van der Waals surface area contributed by atoms with Crippen LogP contribution in [-0.2, 0) is 0 Å². The van der Waals surface area contributed by atoms with Gasteiger partial charge in [-0.1, -0.05) is 0 Å². The molecule has 0 aromatic carbocycles. The fraction of sp³-hybridized carbons (Fsp3) is 0.0769. The van der Waals surface area contributed by atoms with Gasteiger partial charge in [-0.15, -0.1) is 0 Å². The van der Waals surface area contributed by atoms with Crippen molar-refractivity contribution in [2.75, 3.05) is 12.8 Å². The molecule has 8 heteroatoms. The second kappa shape index (κ2) is 4.17. The van der Waals surface area contributed by atoms with Crippen molar-refractivity contribution >= 4 is 22.6 Å². The van der Waals surface area contributed by atoms with E-state index in [-0.39, 0.29) is 5.95 Å². The molecule has 0 aliphatic carbocycles. The lowest BCUT2D eigenvalue weighted by Gasteiger charge is -2.04. The maximum atomic E-state index is 5.66. The Morgan fingerprint density at radius 3 is 3.05 bits per heavy atom. The van der Waals surface area contributed by atoms with Crippen molar-refractivity contribution in [3.8, 4) is 17.1 Å². The van der Waals surface area contributed by atoms with E-state index in [0.29, 0.717) is 11.5 Å². The van der Waals surface area contributed by atoms with E-state index in [4.69, 9.17) is 10.5 Å². The van der Waals surface area contributed by atoms with Crippen LogP contribution in [0.5, 0.6) is 5.88 Å². The highest BCUT2D eigenvalue weighted by Crippen LogP contribution is 2.32. The molecule has 0 amide bonds. The molecule has 0 aliphatic heterocycles. The minimum absolute atomic E-state index is 0.158. The van der Waals surface area contributed by atoms with Gasteiger partial charge >= 0.3 is 0 Å². The molecule has 0 radical (unpaired) electrons. The van der Waals surface area contributed by atoms with E-state index >= 15 is 0 Å². The molecule has 104 valence electrons. The Labute approximate surface area is 118 Å². The highest BCUT2D eigenvalue weighted by Gasteiger charge is 2.16. The lowest BCUT2D eigenvalue weighted by molar-refractivity contribution is 0.403. The summed E-state index contributed by atoms with van der Waals surface area (Å²) in [5, 5.41) is 5.27. The first-order valence-electron chi connectivity index (χ1n) is 6.25. The number of hydrogen-bond acceptors (Lipinski definition) is 6. The zero-order valence-electron chi connectivity index (χ0n) is 11.1. The van der Waals surface area contributed by atoms with Crippen LogP contribution >= 0.6 is 0 Å². The lowest BCUT2D eigenvalue weighted by atomic mass is 10.1. The van der Waals surface area contributed by atoms with Gasteiger partial charge in [0.2, 0.25) is 11.8 Å². The number of ether oxygens (including phenoxy) is 1. The standard InChI is InChI=1S/C13H11N7O/c1-21-12-10-7(6-16-11(10)17-13(14)18-12)8-2-3-9-15-4-5-20(9)19-8/h2-6H,1H3,(H3,14,16,17,18). The van der Waals surface area contributed by atoms with Gasteiger partial charge in [-0.2, -0.15) is 15.1 Å². The largest absolute Gasteiger partial charge is 0.480 e. The Kier molecular flexibility index (Phi) is 2.31. The molecule has 0 spiro atoms. The van der Waals surface area contributed by atoms with Crippen molar-refractivity contribution in [3.63, 3.8) is 0 Å². The number of hydrogen-bond donors (Lipinski definition) is 2. The predicted octanol–water partition coefficient (Wildman–Crippen LogP) is 1.26. The van der Waals surface area contributed by atoms with E-state index < -0.39 is 0 Å². The summed E-state index contributed by atoms with van der Waals surface area (Å²) in [6.45, 7) is 0. The molecule has 3 N–H and O–H groups in total. The Hall–Kier alpha value is -3.16. The molecule has 21 heavy (non-hydrogen) atoms. The van der Waals surface area contributed by atoms with Crippen LogP contribution in [0, 0.1) is 0 Å². The van der Waals surface area contributed by atoms with Crippen LogP contribution in [-0.4, -0.2) is 36.7 Å². The molecule has 4 heterocycles. The van der Waals surface area contributed by atoms with E-state index in [1.54, 1.807) is 24.0 Å². The first kappa shape index (κ1) is 11.6. The molecular weight excluding hydrogens is 270 g/mol. The fourth-order valence-corrected chi connectivity index (χ4v) is 2.33. The molecule has 8 nitrogen and oxygen atoms in total. The number of fused-ring (bicyclic) bond motifs is 2. The van der Waals surface area contributed by atoms with Gasteiger partial charge in [0, 0.05) is 24.2 Å². The molecule has 4 aromatic rings. The summed E-state index contributed by atoms with van der Waals surface area (Å²) in [5.74, 6) is 0.576. The van der Waals surface area contributed by atoms with Crippen LogP contribution in [0.3, 0.4) is 0 Å². The number of nitrogens with two attached hydrogens (primary N) is 1. The van der Waals surface area contributed by atoms with Crippen molar-refractivity contribution in [1.82, 2.24) is 29.5 Å². The molecule has 0 aliphatic rings. The molecule has 0 atom stereocenters. The van der Waals surface area contributed by atoms with Crippen molar-refractivity contribution < 1.29 is 4.74 Å². The number of aromatic amines is 1. The molecule has 4 aromatic heterocycles. The third-order valence-corrected chi connectivity index (χ3v) is 3.24. The Bertz CT molecular complexity index is 956. The quantitative estimate of drug-likeness (QED) is 0.572. The second-order valence-corrected chi connectivity index (χ2v) is 4.47. The fourth-order valence-electron chi connectivity index (χ4n) is 2.33. The Morgan fingerprint density at radius 1 is 1.29 bits per heavy atom. The van der Waals surface area contributed by atoms with Crippen molar-refractivity contribution in [2.24, 2.45) is 0 Å².